The molecule has 0 aliphatic carbocycles. The fraction of sp³-hybridized carbons (Fsp3) is 0.333. The molecule has 1 N–H and O–H groups in total. The number of carboxylic acid groups (broad SMARTS) is 1. The predicted molar refractivity (Wildman–Crippen MR) is 99.6 cm³/mol. The van der Waals surface area contributed by atoms with E-state index in [-0.39, 0.29) is 12.5 Å². The Bertz CT molecular complexity index is 894. The molecule has 0 saturated carbocycles. The number of benzene rings is 2. The van der Waals surface area contributed by atoms with Crippen LogP contribution in [-0.2, 0) is 16.1 Å². The highest BCUT2D eigenvalue weighted by Gasteiger charge is 2.61. The maximum absolute atomic E-state index is 12.6. The van der Waals surface area contributed by atoms with Gasteiger partial charge < -0.3 is 10.0 Å². The molecule has 2 atom stereocenters. The molecule has 134 valence electrons. The van der Waals surface area contributed by atoms with E-state index in [1.807, 2.05) is 12.1 Å². The second-order valence-corrected chi connectivity index (χ2v) is 7.37. The largest absolute Gasteiger partial charge is 0.481 e. The standard InChI is InChI=1S/C21H22N2O3/c1-2-9-23-14-21(20(25)26)13-22(12-18(21)19(23)24)11-15-7-8-16-5-3-4-6-17(16)10-15/h2-8,10,18H,1,9,11-14H2,(H,25,26)/t18-,21-/m0/s1. The molecule has 0 unspecified atom stereocenters. The summed E-state index contributed by atoms with van der Waals surface area (Å²) >= 11 is 0. The molecule has 0 spiro atoms. The third kappa shape index (κ3) is 2.59. The van der Waals surface area contributed by atoms with Gasteiger partial charge in [-0.2, -0.15) is 0 Å². The molecular weight excluding hydrogens is 328 g/mol. The van der Waals surface area contributed by atoms with Crippen molar-refractivity contribution in [2.24, 2.45) is 11.3 Å². The van der Waals surface area contributed by atoms with E-state index < -0.39 is 17.3 Å². The molecule has 2 aliphatic rings. The summed E-state index contributed by atoms with van der Waals surface area (Å²) in [6, 6.07) is 14.5. The van der Waals surface area contributed by atoms with Gasteiger partial charge in [0.05, 0.1) is 5.92 Å². The van der Waals surface area contributed by atoms with Crippen molar-refractivity contribution in [3.05, 3.63) is 60.7 Å². The number of likely N-dealkylation sites (tertiary alicyclic amines) is 2. The number of aliphatic carboxylic acids is 1. The molecule has 0 bridgehead atoms. The molecule has 0 radical (unpaired) electrons. The van der Waals surface area contributed by atoms with Crippen LogP contribution in [0.3, 0.4) is 0 Å². The Kier molecular flexibility index (Phi) is 4.04. The first kappa shape index (κ1) is 16.8. The number of fused-ring (bicyclic) bond motifs is 2. The maximum Gasteiger partial charge on any atom is 0.313 e. The van der Waals surface area contributed by atoms with Crippen molar-refractivity contribution < 1.29 is 14.7 Å². The highest BCUT2D eigenvalue weighted by atomic mass is 16.4. The van der Waals surface area contributed by atoms with Gasteiger partial charge in [0.25, 0.3) is 0 Å². The van der Waals surface area contributed by atoms with Crippen LogP contribution in [0, 0.1) is 11.3 Å². The summed E-state index contributed by atoms with van der Waals surface area (Å²) in [5, 5.41) is 12.2. The van der Waals surface area contributed by atoms with E-state index in [2.05, 4.69) is 41.8 Å². The van der Waals surface area contributed by atoms with Crippen molar-refractivity contribution in [1.82, 2.24) is 9.80 Å². The molecule has 1 amide bonds. The zero-order valence-corrected chi connectivity index (χ0v) is 14.6. The Morgan fingerprint density at radius 3 is 2.69 bits per heavy atom. The lowest BCUT2D eigenvalue weighted by Gasteiger charge is -2.24. The average molecular weight is 350 g/mol. The molecule has 0 aromatic heterocycles. The van der Waals surface area contributed by atoms with Gasteiger partial charge in [0, 0.05) is 32.7 Å². The van der Waals surface area contributed by atoms with Gasteiger partial charge in [0.15, 0.2) is 0 Å². The fourth-order valence-corrected chi connectivity index (χ4v) is 4.43. The molecule has 2 fully saturated rings. The lowest BCUT2D eigenvalue weighted by Crippen LogP contribution is -2.40. The average Bonchev–Trinajstić information content (AvgIpc) is 3.11. The Morgan fingerprint density at radius 2 is 2.00 bits per heavy atom. The third-order valence-electron chi connectivity index (χ3n) is 5.69. The molecule has 5 heteroatoms. The van der Waals surface area contributed by atoms with E-state index >= 15 is 0 Å². The van der Waals surface area contributed by atoms with Crippen LogP contribution in [0.1, 0.15) is 5.56 Å². The zero-order chi connectivity index (χ0) is 18.3. The summed E-state index contributed by atoms with van der Waals surface area (Å²) in [6.07, 6.45) is 1.65. The Morgan fingerprint density at radius 1 is 1.23 bits per heavy atom. The second-order valence-electron chi connectivity index (χ2n) is 7.37. The summed E-state index contributed by atoms with van der Waals surface area (Å²) in [6.45, 7) is 5.90. The fourth-order valence-electron chi connectivity index (χ4n) is 4.43. The Hall–Kier alpha value is -2.66. The van der Waals surface area contributed by atoms with Crippen molar-refractivity contribution in [2.45, 2.75) is 6.54 Å². The van der Waals surface area contributed by atoms with Gasteiger partial charge in [-0.3, -0.25) is 14.5 Å². The highest BCUT2D eigenvalue weighted by molar-refractivity contribution is 5.92. The number of hydrogen-bond acceptors (Lipinski definition) is 3. The van der Waals surface area contributed by atoms with Crippen LogP contribution >= 0.6 is 0 Å². The van der Waals surface area contributed by atoms with E-state index in [4.69, 9.17) is 0 Å². The number of nitrogens with zero attached hydrogens (tertiary/aromatic N) is 2. The van der Waals surface area contributed by atoms with E-state index in [0.29, 0.717) is 26.2 Å². The molecule has 5 nitrogen and oxygen atoms in total. The van der Waals surface area contributed by atoms with Gasteiger partial charge in [0.2, 0.25) is 5.91 Å². The van der Waals surface area contributed by atoms with E-state index in [1.54, 1.807) is 11.0 Å². The Balaban J connectivity index is 1.56. The Labute approximate surface area is 152 Å². The lowest BCUT2D eigenvalue weighted by atomic mass is 9.81. The van der Waals surface area contributed by atoms with Crippen LogP contribution in [0.4, 0.5) is 0 Å². The van der Waals surface area contributed by atoms with Crippen LogP contribution < -0.4 is 0 Å². The van der Waals surface area contributed by atoms with Gasteiger partial charge in [-0.25, -0.2) is 0 Å². The lowest BCUT2D eigenvalue weighted by molar-refractivity contribution is -0.149. The van der Waals surface area contributed by atoms with Crippen LogP contribution in [0.2, 0.25) is 0 Å². The van der Waals surface area contributed by atoms with E-state index in [1.165, 1.54) is 10.8 Å². The summed E-state index contributed by atoms with van der Waals surface area (Å²) in [5.74, 6) is -1.41. The van der Waals surface area contributed by atoms with Crippen molar-refractivity contribution in [3.8, 4) is 0 Å². The topological polar surface area (TPSA) is 60.9 Å². The van der Waals surface area contributed by atoms with Crippen molar-refractivity contribution in [1.29, 1.82) is 0 Å². The minimum atomic E-state index is -1.00. The number of carboxylic acids is 1. The molecular formula is C21H22N2O3. The predicted octanol–water partition coefficient (Wildman–Crippen LogP) is 2.37. The van der Waals surface area contributed by atoms with Crippen LogP contribution in [0.5, 0.6) is 0 Å². The van der Waals surface area contributed by atoms with E-state index in [9.17, 15) is 14.7 Å². The number of carbonyl (C=O) groups excluding carboxylic acids is 1. The second kappa shape index (κ2) is 6.25. The van der Waals surface area contributed by atoms with Gasteiger partial charge >= 0.3 is 5.97 Å². The number of rotatable bonds is 5. The van der Waals surface area contributed by atoms with Gasteiger partial charge in [-0.1, -0.05) is 42.5 Å². The first-order valence-electron chi connectivity index (χ1n) is 8.86. The minimum Gasteiger partial charge on any atom is -0.481 e. The molecule has 2 heterocycles. The SMILES string of the molecule is C=CCN1C[C@@]2(C(=O)O)CN(Cc3ccc4ccccc4c3)C[C@H]2C1=O. The molecule has 2 saturated heterocycles. The quantitative estimate of drug-likeness (QED) is 0.841. The number of carbonyl (C=O) groups is 2. The monoisotopic (exact) mass is 350 g/mol. The smallest absolute Gasteiger partial charge is 0.313 e. The van der Waals surface area contributed by atoms with Crippen LogP contribution in [0.25, 0.3) is 10.8 Å². The molecule has 2 aromatic carbocycles. The van der Waals surface area contributed by atoms with Crippen molar-refractivity contribution in [2.75, 3.05) is 26.2 Å². The first-order chi connectivity index (χ1) is 12.5. The molecule has 4 rings (SSSR count). The van der Waals surface area contributed by atoms with E-state index in [0.717, 1.165) is 5.56 Å². The van der Waals surface area contributed by atoms with Crippen LogP contribution in [0.15, 0.2) is 55.1 Å². The normalized spacial score (nSPS) is 25.6. The van der Waals surface area contributed by atoms with Gasteiger partial charge in [-0.05, 0) is 22.4 Å². The summed E-state index contributed by atoms with van der Waals surface area (Å²) in [4.78, 5) is 28.4. The van der Waals surface area contributed by atoms with Gasteiger partial charge in [0.1, 0.15) is 5.41 Å². The van der Waals surface area contributed by atoms with Gasteiger partial charge in [-0.15, -0.1) is 6.58 Å². The summed E-state index contributed by atoms with van der Waals surface area (Å²) < 4.78 is 0. The van der Waals surface area contributed by atoms with Crippen molar-refractivity contribution >= 4 is 22.6 Å². The maximum atomic E-state index is 12.6. The van der Waals surface area contributed by atoms with Crippen molar-refractivity contribution in [3.63, 3.8) is 0 Å². The minimum absolute atomic E-state index is 0.0617. The third-order valence-corrected chi connectivity index (χ3v) is 5.69. The summed E-state index contributed by atoms with van der Waals surface area (Å²) in [7, 11) is 0. The number of amides is 1. The number of hydrogen-bond donors (Lipinski definition) is 1. The molecule has 2 aromatic rings. The van der Waals surface area contributed by atoms with Crippen LogP contribution in [-0.4, -0.2) is 53.0 Å². The molecule has 2 aliphatic heterocycles. The zero-order valence-electron chi connectivity index (χ0n) is 14.6. The first-order valence-corrected chi connectivity index (χ1v) is 8.86. The summed E-state index contributed by atoms with van der Waals surface area (Å²) in [5.41, 5.74) is 0.135. The highest BCUT2D eigenvalue weighted by Crippen LogP contribution is 2.44. The molecule has 26 heavy (non-hydrogen) atoms.